The maximum Gasteiger partial charge on any atom is 0.303 e. The summed E-state index contributed by atoms with van der Waals surface area (Å²) in [4.78, 5) is 21.7. The topological polar surface area (TPSA) is 92.4 Å². The number of hydrogen-bond acceptors (Lipinski definition) is 3. The van der Waals surface area contributed by atoms with Crippen LogP contribution in [0.1, 0.15) is 45.4 Å². The molecule has 17 heavy (non-hydrogen) atoms. The quantitative estimate of drug-likeness (QED) is 0.502. The van der Waals surface area contributed by atoms with Crippen LogP contribution in [-0.4, -0.2) is 30.1 Å². The summed E-state index contributed by atoms with van der Waals surface area (Å²) < 4.78 is 0. The maximum absolute atomic E-state index is 11.4. The molecule has 0 aromatic rings. The maximum atomic E-state index is 11.4. The predicted octanol–water partition coefficient (Wildman–Crippen LogP) is 1.12. The molecule has 0 heterocycles. The highest BCUT2D eigenvalue weighted by molar-refractivity contribution is 5.75. The van der Waals surface area contributed by atoms with Crippen molar-refractivity contribution in [3.63, 3.8) is 0 Å². The van der Waals surface area contributed by atoms with E-state index < -0.39 is 5.97 Å². The largest absolute Gasteiger partial charge is 0.481 e. The van der Waals surface area contributed by atoms with Crippen molar-refractivity contribution < 1.29 is 14.7 Å². The Balaban J connectivity index is 3.54. The van der Waals surface area contributed by atoms with Gasteiger partial charge in [0.25, 0.3) is 0 Å². The summed E-state index contributed by atoms with van der Waals surface area (Å²) >= 11 is 0. The SMILES string of the molecule is CCC(CCN)CCC(=O)NCCCC(=O)O. The van der Waals surface area contributed by atoms with E-state index >= 15 is 0 Å². The van der Waals surface area contributed by atoms with Crippen LogP contribution in [0.3, 0.4) is 0 Å². The van der Waals surface area contributed by atoms with Gasteiger partial charge in [-0.15, -0.1) is 0 Å². The molecule has 100 valence electrons. The van der Waals surface area contributed by atoms with Crippen molar-refractivity contribution in [3.05, 3.63) is 0 Å². The van der Waals surface area contributed by atoms with Gasteiger partial charge in [-0.25, -0.2) is 0 Å². The van der Waals surface area contributed by atoms with Crippen LogP contribution in [0.25, 0.3) is 0 Å². The second-order valence-corrected chi connectivity index (χ2v) is 4.24. The van der Waals surface area contributed by atoms with E-state index in [2.05, 4.69) is 12.2 Å². The monoisotopic (exact) mass is 244 g/mol. The number of carboxylic acid groups (broad SMARTS) is 1. The second kappa shape index (κ2) is 10.1. The Morgan fingerprint density at radius 2 is 2.00 bits per heavy atom. The third-order valence-electron chi connectivity index (χ3n) is 2.82. The fourth-order valence-electron chi connectivity index (χ4n) is 1.68. The van der Waals surface area contributed by atoms with Gasteiger partial charge >= 0.3 is 5.97 Å². The van der Waals surface area contributed by atoms with E-state index in [1.54, 1.807) is 0 Å². The molecule has 0 bridgehead atoms. The molecule has 0 aliphatic heterocycles. The lowest BCUT2D eigenvalue weighted by atomic mass is 9.96. The first kappa shape index (κ1) is 15.9. The fraction of sp³-hybridized carbons (Fsp3) is 0.833. The molecule has 0 aliphatic carbocycles. The lowest BCUT2D eigenvalue weighted by Gasteiger charge is -2.13. The van der Waals surface area contributed by atoms with Gasteiger partial charge in [-0.05, 0) is 31.7 Å². The molecule has 0 aromatic heterocycles. The number of aliphatic carboxylic acids is 1. The van der Waals surface area contributed by atoms with Crippen molar-refractivity contribution in [1.29, 1.82) is 0 Å². The standard InChI is InChI=1S/C12H24N2O3/c1-2-10(7-8-13)5-6-11(15)14-9-3-4-12(16)17/h10H,2-9,13H2,1H3,(H,14,15)(H,16,17). The van der Waals surface area contributed by atoms with Gasteiger partial charge < -0.3 is 16.2 Å². The second-order valence-electron chi connectivity index (χ2n) is 4.24. The van der Waals surface area contributed by atoms with Gasteiger partial charge in [0.2, 0.25) is 5.91 Å². The number of hydrogen-bond donors (Lipinski definition) is 3. The normalized spacial score (nSPS) is 12.1. The number of nitrogens with two attached hydrogens (primary N) is 1. The van der Waals surface area contributed by atoms with E-state index in [0.717, 1.165) is 19.3 Å². The Morgan fingerprint density at radius 3 is 2.53 bits per heavy atom. The van der Waals surface area contributed by atoms with E-state index in [-0.39, 0.29) is 12.3 Å². The van der Waals surface area contributed by atoms with Crippen molar-refractivity contribution in [2.75, 3.05) is 13.1 Å². The van der Waals surface area contributed by atoms with E-state index in [4.69, 9.17) is 10.8 Å². The lowest BCUT2D eigenvalue weighted by Crippen LogP contribution is -2.25. The first-order valence-corrected chi connectivity index (χ1v) is 6.28. The zero-order chi connectivity index (χ0) is 13.1. The Labute approximate surface area is 103 Å². The van der Waals surface area contributed by atoms with Gasteiger partial charge in [-0.3, -0.25) is 9.59 Å². The van der Waals surface area contributed by atoms with Gasteiger partial charge in [-0.1, -0.05) is 13.3 Å². The van der Waals surface area contributed by atoms with Crippen LogP contribution in [0.4, 0.5) is 0 Å². The van der Waals surface area contributed by atoms with Crippen LogP contribution >= 0.6 is 0 Å². The van der Waals surface area contributed by atoms with Crippen molar-refractivity contribution in [3.8, 4) is 0 Å². The Kier molecular flexibility index (Phi) is 9.43. The highest BCUT2D eigenvalue weighted by atomic mass is 16.4. The average Bonchev–Trinajstić information content (AvgIpc) is 2.29. The molecule has 4 N–H and O–H groups in total. The highest BCUT2D eigenvalue weighted by Gasteiger charge is 2.08. The zero-order valence-electron chi connectivity index (χ0n) is 10.6. The predicted molar refractivity (Wildman–Crippen MR) is 66.6 cm³/mol. The summed E-state index contributed by atoms with van der Waals surface area (Å²) in [7, 11) is 0. The smallest absolute Gasteiger partial charge is 0.303 e. The van der Waals surface area contributed by atoms with Crippen molar-refractivity contribution >= 4 is 11.9 Å². The van der Waals surface area contributed by atoms with Crippen molar-refractivity contribution in [1.82, 2.24) is 5.32 Å². The van der Waals surface area contributed by atoms with Crippen LogP contribution in [0, 0.1) is 5.92 Å². The molecule has 0 aliphatic rings. The summed E-state index contributed by atoms with van der Waals surface area (Å²) in [6.07, 6.45) is 3.96. The van der Waals surface area contributed by atoms with Gasteiger partial charge in [0.15, 0.2) is 0 Å². The number of nitrogens with one attached hydrogen (secondary N) is 1. The summed E-state index contributed by atoms with van der Waals surface area (Å²) in [5, 5.41) is 11.1. The molecule has 1 atom stereocenters. The molecule has 0 rings (SSSR count). The first-order valence-electron chi connectivity index (χ1n) is 6.28. The molecule has 0 radical (unpaired) electrons. The van der Waals surface area contributed by atoms with Gasteiger partial charge in [0, 0.05) is 19.4 Å². The molecular weight excluding hydrogens is 220 g/mol. The van der Waals surface area contributed by atoms with Crippen LogP contribution in [0.5, 0.6) is 0 Å². The minimum absolute atomic E-state index is 0.00543. The summed E-state index contributed by atoms with van der Waals surface area (Å²) in [5.41, 5.74) is 5.48. The van der Waals surface area contributed by atoms with Crippen LogP contribution in [0.2, 0.25) is 0 Å². The first-order chi connectivity index (χ1) is 8.10. The number of carbonyl (C=O) groups excluding carboxylic acids is 1. The Bertz CT molecular complexity index is 232. The minimum atomic E-state index is -0.826. The molecule has 5 heteroatoms. The number of amides is 1. The molecule has 1 amide bonds. The highest BCUT2D eigenvalue weighted by Crippen LogP contribution is 2.14. The average molecular weight is 244 g/mol. The molecular formula is C12H24N2O3. The van der Waals surface area contributed by atoms with Crippen LogP contribution < -0.4 is 11.1 Å². The number of carboxylic acids is 1. The zero-order valence-corrected chi connectivity index (χ0v) is 10.6. The lowest BCUT2D eigenvalue weighted by molar-refractivity contribution is -0.137. The molecule has 0 aromatic carbocycles. The molecule has 0 saturated carbocycles. The minimum Gasteiger partial charge on any atom is -0.481 e. The summed E-state index contributed by atoms with van der Waals surface area (Å²) in [5.74, 6) is -0.302. The molecule has 1 unspecified atom stereocenters. The van der Waals surface area contributed by atoms with Crippen LogP contribution in [0.15, 0.2) is 0 Å². The summed E-state index contributed by atoms with van der Waals surface area (Å²) in [6.45, 7) is 3.21. The van der Waals surface area contributed by atoms with E-state index in [0.29, 0.717) is 31.8 Å². The molecule has 0 saturated heterocycles. The van der Waals surface area contributed by atoms with Gasteiger partial charge in [0.1, 0.15) is 0 Å². The number of carbonyl (C=O) groups is 2. The van der Waals surface area contributed by atoms with E-state index in [9.17, 15) is 9.59 Å². The summed E-state index contributed by atoms with van der Waals surface area (Å²) in [6, 6.07) is 0. The number of rotatable bonds is 10. The third kappa shape index (κ3) is 9.81. The fourth-order valence-corrected chi connectivity index (χ4v) is 1.68. The van der Waals surface area contributed by atoms with Gasteiger partial charge in [-0.2, -0.15) is 0 Å². The molecule has 5 nitrogen and oxygen atoms in total. The van der Waals surface area contributed by atoms with E-state index in [1.165, 1.54) is 0 Å². The van der Waals surface area contributed by atoms with Gasteiger partial charge in [0.05, 0.1) is 0 Å². The third-order valence-corrected chi connectivity index (χ3v) is 2.82. The molecule has 0 fully saturated rings. The molecule has 0 spiro atoms. The Morgan fingerprint density at radius 1 is 1.29 bits per heavy atom. The van der Waals surface area contributed by atoms with E-state index in [1.807, 2.05) is 0 Å². The van der Waals surface area contributed by atoms with Crippen molar-refractivity contribution in [2.45, 2.75) is 45.4 Å². The van der Waals surface area contributed by atoms with Crippen molar-refractivity contribution in [2.24, 2.45) is 11.7 Å². The van der Waals surface area contributed by atoms with Crippen LogP contribution in [-0.2, 0) is 9.59 Å². The Hall–Kier alpha value is -1.10.